The molecular formula is C21H26ClN3O2. The highest BCUT2D eigenvalue weighted by Gasteiger charge is 2.26. The van der Waals surface area contributed by atoms with Gasteiger partial charge in [-0.05, 0) is 61.9 Å². The summed E-state index contributed by atoms with van der Waals surface area (Å²) in [5, 5.41) is 3.66. The van der Waals surface area contributed by atoms with Gasteiger partial charge in [0.25, 0.3) is 5.91 Å². The zero-order chi connectivity index (χ0) is 19.4. The van der Waals surface area contributed by atoms with Gasteiger partial charge in [0.15, 0.2) is 0 Å². The molecule has 2 heterocycles. The molecule has 0 radical (unpaired) electrons. The van der Waals surface area contributed by atoms with Crippen molar-refractivity contribution in [2.24, 2.45) is 5.92 Å². The van der Waals surface area contributed by atoms with E-state index in [2.05, 4.69) is 10.3 Å². The third-order valence-corrected chi connectivity index (χ3v) is 5.39. The first-order chi connectivity index (χ1) is 12.9. The molecule has 0 aliphatic carbocycles. The van der Waals surface area contributed by atoms with Crippen LogP contribution in [0.2, 0.25) is 5.02 Å². The molecule has 2 aromatic rings. The Balaban J connectivity index is 1.43. The summed E-state index contributed by atoms with van der Waals surface area (Å²) in [7, 11) is 0. The molecule has 1 saturated heterocycles. The Bertz CT molecular complexity index is 805. The summed E-state index contributed by atoms with van der Waals surface area (Å²) >= 11 is 5.87. The average Bonchev–Trinajstić information content (AvgIpc) is 2.99. The van der Waals surface area contributed by atoms with E-state index in [1.54, 1.807) is 0 Å². The number of hydrogen-bond donors (Lipinski definition) is 2. The molecule has 0 spiro atoms. The number of carbonyl (C=O) groups excluding carboxylic acids is 2. The lowest BCUT2D eigenvalue weighted by Crippen LogP contribution is -2.40. The van der Waals surface area contributed by atoms with Crippen LogP contribution in [-0.4, -0.2) is 34.8 Å². The maximum atomic E-state index is 12.7. The molecule has 1 aliphatic heterocycles. The summed E-state index contributed by atoms with van der Waals surface area (Å²) in [6, 6.07) is 9.46. The van der Waals surface area contributed by atoms with Crippen molar-refractivity contribution in [3.05, 3.63) is 57.9 Å². The summed E-state index contributed by atoms with van der Waals surface area (Å²) in [5.74, 6) is 0.447. The standard InChI is InChI=1S/C21H26ClN3O2/c1-14-11-15(2)24-20(14)21(27)25-9-7-16(8-10-25)12-19(26)23-13-17-3-5-18(22)6-4-17/h3-6,11,16,24H,7-10,12-13H2,1-2H3,(H,23,26). The lowest BCUT2D eigenvalue weighted by molar-refractivity contribution is -0.122. The molecule has 0 atom stereocenters. The lowest BCUT2D eigenvalue weighted by atomic mass is 9.93. The van der Waals surface area contributed by atoms with Gasteiger partial charge in [-0.15, -0.1) is 0 Å². The van der Waals surface area contributed by atoms with Crippen molar-refractivity contribution in [3.8, 4) is 0 Å². The minimum absolute atomic E-state index is 0.0607. The van der Waals surface area contributed by atoms with E-state index in [4.69, 9.17) is 11.6 Å². The third kappa shape index (κ3) is 5.13. The van der Waals surface area contributed by atoms with Crippen molar-refractivity contribution in [1.29, 1.82) is 0 Å². The fraction of sp³-hybridized carbons (Fsp3) is 0.429. The normalized spacial score (nSPS) is 15.0. The molecule has 0 bridgehead atoms. The van der Waals surface area contributed by atoms with Crippen molar-refractivity contribution in [1.82, 2.24) is 15.2 Å². The number of carbonyl (C=O) groups is 2. The molecule has 144 valence electrons. The highest BCUT2D eigenvalue weighted by atomic mass is 35.5. The highest BCUT2D eigenvalue weighted by molar-refractivity contribution is 6.30. The Morgan fingerprint density at radius 2 is 1.85 bits per heavy atom. The van der Waals surface area contributed by atoms with Crippen molar-refractivity contribution < 1.29 is 9.59 Å². The van der Waals surface area contributed by atoms with Crippen LogP contribution in [0.1, 0.15) is 46.6 Å². The molecule has 3 rings (SSSR count). The molecule has 0 saturated carbocycles. The summed E-state index contributed by atoms with van der Waals surface area (Å²) in [6.07, 6.45) is 2.23. The van der Waals surface area contributed by atoms with Crippen LogP contribution >= 0.6 is 11.6 Å². The number of rotatable bonds is 5. The Kier molecular flexibility index (Phi) is 6.22. The quantitative estimate of drug-likeness (QED) is 0.818. The number of aromatic nitrogens is 1. The van der Waals surface area contributed by atoms with E-state index < -0.39 is 0 Å². The number of nitrogens with zero attached hydrogens (tertiary/aromatic N) is 1. The van der Waals surface area contributed by atoms with Gasteiger partial charge in [-0.25, -0.2) is 0 Å². The van der Waals surface area contributed by atoms with Gasteiger partial charge in [0.2, 0.25) is 5.91 Å². The van der Waals surface area contributed by atoms with Crippen LogP contribution in [0.3, 0.4) is 0 Å². The minimum Gasteiger partial charge on any atom is -0.354 e. The summed E-state index contributed by atoms with van der Waals surface area (Å²) in [5.41, 5.74) is 3.71. The van der Waals surface area contributed by atoms with Crippen molar-refractivity contribution in [3.63, 3.8) is 0 Å². The van der Waals surface area contributed by atoms with Crippen molar-refractivity contribution in [2.75, 3.05) is 13.1 Å². The fourth-order valence-corrected chi connectivity index (χ4v) is 3.71. The monoisotopic (exact) mass is 387 g/mol. The fourth-order valence-electron chi connectivity index (χ4n) is 3.59. The van der Waals surface area contributed by atoms with E-state index >= 15 is 0 Å². The predicted molar refractivity (Wildman–Crippen MR) is 107 cm³/mol. The van der Waals surface area contributed by atoms with Crippen LogP contribution < -0.4 is 5.32 Å². The van der Waals surface area contributed by atoms with Crippen molar-refractivity contribution >= 4 is 23.4 Å². The van der Waals surface area contributed by atoms with Gasteiger partial charge in [-0.1, -0.05) is 23.7 Å². The number of H-pyrrole nitrogens is 1. The van der Waals surface area contributed by atoms with Gasteiger partial charge >= 0.3 is 0 Å². The first-order valence-electron chi connectivity index (χ1n) is 9.39. The Morgan fingerprint density at radius 1 is 1.19 bits per heavy atom. The molecule has 1 fully saturated rings. The van der Waals surface area contributed by atoms with Gasteiger partial charge in [-0.2, -0.15) is 0 Å². The Hall–Kier alpha value is -2.27. The van der Waals surface area contributed by atoms with E-state index in [1.165, 1.54) is 0 Å². The maximum absolute atomic E-state index is 12.7. The second kappa shape index (κ2) is 8.61. The molecule has 0 unspecified atom stereocenters. The second-order valence-corrected chi connectivity index (χ2v) is 7.79. The molecule has 2 amide bonds. The number of amides is 2. The smallest absolute Gasteiger partial charge is 0.270 e. The molecule has 1 aromatic heterocycles. The second-order valence-electron chi connectivity index (χ2n) is 7.35. The zero-order valence-electron chi connectivity index (χ0n) is 15.8. The Labute approximate surface area is 165 Å². The number of halogens is 1. The molecule has 27 heavy (non-hydrogen) atoms. The number of aryl methyl sites for hydroxylation is 2. The molecule has 2 N–H and O–H groups in total. The van der Waals surface area contributed by atoms with Crippen LogP contribution in [0, 0.1) is 19.8 Å². The molecule has 1 aliphatic rings. The van der Waals surface area contributed by atoms with Crippen LogP contribution in [0.5, 0.6) is 0 Å². The zero-order valence-corrected chi connectivity index (χ0v) is 16.6. The third-order valence-electron chi connectivity index (χ3n) is 5.14. The van der Waals surface area contributed by atoms with E-state index in [0.29, 0.717) is 42.7 Å². The predicted octanol–water partition coefficient (Wildman–Crippen LogP) is 3.84. The number of hydrogen-bond acceptors (Lipinski definition) is 2. The van der Waals surface area contributed by atoms with Crippen molar-refractivity contribution in [2.45, 2.75) is 39.7 Å². The van der Waals surface area contributed by atoms with E-state index in [0.717, 1.165) is 29.7 Å². The van der Waals surface area contributed by atoms with Crippen LogP contribution in [0.4, 0.5) is 0 Å². The molecule has 1 aromatic carbocycles. The SMILES string of the molecule is Cc1cc(C)c(C(=O)N2CCC(CC(=O)NCc3ccc(Cl)cc3)CC2)[nH]1. The molecule has 6 heteroatoms. The topological polar surface area (TPSA) is 65.2 Å². The van der Waals surface area contributed by atoms with Gasteiger partial charge in [0.1, 0.15) is 5.69 Å². The van der Waals surface area contributed by atoms with E-state index in [1.807, 2.05) is 49.1 Å². The summed E-state index contributed by atoms with van der Waals surface area (Å²) < 4.78 is 0. The highest BCUT2D eigenvalue weighted by Crippen LogP contribution is 2.23. The average molecular weight is 388 g/mol. The molecule has 5 nitrogen and oxygen atoms in total. The van der Waals surface area contributed by atoms with E-state index in [-0.39, 0.29) is 11.8 Å². The summed E-state index contributed by atoms with van der Waals surface area (Å²) in [6.45, 7) is 5.82. The lowest BCUT2D eigenvalue weighted by Gasteiger charge is -2.31. The van der Waals surface area contributed by atoms with Crippen LogP contribution in [0.25, 0.3) is 0 Å². The number of likely N-dealkylation sites (tertiary alicyclic amines) is 1. The van der Waals surface area contributed by atoms with Gasteiger partial charge in [0, 0.05) is 36.8 Å². The maximum Gasteiger partial charge on any atom is 0.270 e. The van der Waals surface area contributed by atoms with E-state index in [9.17, 15) is 9.59 Å². The van der Waals surface area contributed by atoms with Crippen LogP contribution in [-0.2, 0) is 11.3 Å². The van der Waals surface area contributed by atoms with Gasteiger partial charge in [-0.3, -0.25) is 9.59 Å². The van der Waals surface area contributed by atoms with Gasteiger partial charge < -0.3 is 15.2 Å². The first-order valence-corrected chi connectivity index (χ1v) is 9.77. The number of aromatic amines is 1. The summed E-state index contributed by atoms with van der Waals surface area (Å²) in [4.78, 5) is 29.9. The first kappa shape index (κ1) is 19.5. The minimum atomic E-state index is 0.0607. The number of benzene rings is 1. The number of nitrogens with one attached hydrogen (secondary N) is 2. The van der Waals surface area contributed by atoms with Gasteiger partial charge in [0.05, 0.1) is 0 Å². The Morgan fingerprint density at radius 3 is 2.44 bits per heavy atom. The van der Waals surface area contributed by atoms with Crippen LogP contribution in [0.15, 0.2) is 30.3 Å². The largest absolute Gasteiger partial charge is 0.354 e. The molecular weight excluding hydrogens is 362 g/mol. The number of piperidine rings is 1.